The second-order valence-electron chi connectivity index (χ2n) is 5.28. The molecule has 3 rings (SSSR count). The lowest BCUT2D eigenvalue weighted by molar-refractivity contribution is -0.141. The number of hydrogen-bond acceptors (Lipinski definition) is 4. The third-order valence-corrected chi connectivity index (χ3v) is 4.25. The van der Waals surface area contributed by atoms with Crippen molar-refractivity contribution in [2.24, 2.45) is 0 Å². The van der Waals surface area contributed by atoms with Crippen LogP contribution in [0.4, 0.5) is 19.1 Å². The summed E-state index contributed by atoms with van der Waals surface area (Å²) >= 11 is 1.33. The van der Waals surface area contributed by atoms with E-state index >= 15 is 0 Å². The van der Waals surface area contributed by atoms with Crippen LogP contribution in [0.15, 0.2) is 47.8 Å². The molecule has 0 aliphatic heterocycles. The van der Waals surface area contributed by atoms with Crippen molar-refractivity contribution in [2.45, 2.75) is 19.6 Å². The van der Waals surface area contributed by atoms with E-state index in [0.29, 0.717) is 11.4 Å². The molecule has 1 aromatic carbocycles. The maximum absolute atomic E-state index is 13.1. The number of aryl methyl sites for hydroxylation is 1. The van der Waals surface area contributed by atoms with Crippen molar-refractivity contribution in [1.82, 2.24) is 9.97 Å². The van der Waals surface area contributed by atoms with Gasteiger partial charge in [-0.05, 0) is 30.0 Å². The molecule has 0 atom stereocenters. The van der Waals surface area contributed by atoms with Crippen LogP contribution < -0.4 is 5.32 Å². The Hall–Kier alpha value is -2.41. The molecule has 124 valence electrons. The molecule has 0 spiro atoms. The number of benzene rings is 1. The number of rotatable bonds is 4. The van der Waals surface area contributed by atoms with Crippen LogP contribution in [0.25, 0.3) is 10.6 Å². The maximum Gasteiger partial charge on any atom is 0.433 e. The zero-order valence-corrected chi connectivity index (χ0v) is 13.6. The van der Waals surface area contributed by atoms with Crippen molar-refractivity contribution in [2.75, 3.05) is 5.32 Å². The first-order chi connectivity index (χ1) is 11.4. The Morgan fingerprint density at radius 3 is 2.46 bits per heavy atom. The maximum atomic E-state index is 13.1. The molecule has 1 N–H and O–H groups in total. The molecule has 0 saturated heterocycles. The number of halogens is 3. The fourth-order valence-electron chi connectivity index (χ4n) is 2.11. The van der Waals surface area contributed by atoms with Crippen molar-refractivity contribution in [3.8, 4) is 10.6 Å². The van der Waals surface area contributed by atoms with Crippen LogP contribution in [0.1, 0.15) is 16.8 Å². The highest BCUT2D eigenvalue weighted by molar-refractivity contribution is 7.13. The van der Waals surface area contributed by atoms with Gasteiger partial charge in [0.25, 0.3) is 0 Å². The summed E-state index contributed by atoms with van der Waals surface area (Å²) in [5.41, 5.74) is 1.37. The Balaban J connectivity index is 1.88. The highest BCUT2D eigenvalue weighted by Crippen LogP contribution is 2.32. The Labute approximate surface area is 141 Å². The smallest absolute Gasteiger partial charge is 0.350 e. The lowest BCUT2D eigenvalue weighted by atomic mass is 10.1. The molecule has 2 heterocycles. The van der Waals surface area contributed by atoms with Gasteiger partial charge in [-0.15, -0.1) is 11.3 Å². The average Bonchev–Trinajstić information content (AvgIpc) is 3.08. The van der Waals surface area contributed by atoms with Gasteiger partial charge in [0.1, 0.15) is 0 Å². The van der Waals surface area contributed by atoms with Gasteiger partial charge < -0.3 is 5.32 Å². The SMILES string of the molecule is Cc1ccc(CNc2nc(-c3cccs3)cc(C(F)(F)F)n2)cc1. The van der Waals surface area contributed by atoms with Crippen molar-refractivity contribution < 1.29 is 13.2 Å². The first-order valence-electron chi connectivity index (χ1n) is 7.21. The van der Waals surface area contributed by atoms with Crippen LogP contribution in [0.3, 0.4) is 0 Å². The predicted octanol–water partition coefficient (Wildman–Crippen LogP) is 5.14. The van der Waals surface area contributed by atoms with Gasteiger partial charge in [0.05, 0.1) is 10.6 Å². The molecule has 0 aliphatic carbocycles. The predicted molar refractivity (Wildman–Crippen MR) is 88.9 cm³/mol. The molecule has 3 aromatic rings. The Kier molecular flexibility index (Phi) is 4.53. The lowest BCUT2D eigenvalue weighted by Gasteiger charge is -2.11. The topological polar surface area (TPSA) is 37.8 Å². The van der Waals surface area contributed by atoms with Gasteiger partial charge in [0.15, 0.2) is 5.69 Å². The Morgan fingerprint density at radius 2 is 1.83 bits per heavy atom. The molecule has 0 radical (unpaired) electrons. The fourth-order valence-corrected chi connectivity index (χ4v) is 2.80. The van der Waals surface area contributed by atoms with E-state index in [1.807, 2.05) is 31.2 Å². The van der Waals surface area contributed by atoms with Crippen LogP contribution in [0.5, 0.6) is 0 Å². The summed E-state index contributed by atoms with van der Waals surface area (Å²) in [6, 6.07) is 12.2. The molecule has 0 bridgehead atoms. The number of hydrogen-bond donors (Lipinski definition) is 1. The van der Waals surface area contributed by atoms with E-state index in [2.05, 4.69) is 15.3 Å². The molecule has 0 saturated carbocycles. The van der Waals surface area contributed by atoms with E-state index in [-0.39, 0.29) is 11.6 Å². The Morgan fingerprint density at radius 1 is 1.08 bits per heavy atom. The molecule has 24 heavy (non-hydrogen) atoms. The third-order valence-electron chi connectivity index (χ3n) is 3.36. The molecule has 0 fully saturated rings. The number of thiophene rings is 1. The largest absolute Gasteiger partial charge is 0.433 e. The summed E-state index contributed by atoms with van der Waals surface area (Å²) in [6.45, 7) is 2.33. The number of anilines is 1. The van der Waals surface area contributed by atoms with Crippen LogP contribution in [-0.2, 0) is 12.7 Å². The molecule has 3 nitrogen and oxygen atoms in total. The number of nitrogens with one attached hydrogen (secondary N) is 1. The van der Waals surface area contributed by atoms with Gasteiger partial charge in [-0.25, -0.2) is 9.97 Å². The normalized spacial score (nSPS) is 11.5. The van der Waals surface area contributed by atoms with E-state index in [1.165, 1.54) is 11.3 Å². The third kappa shape index (κ3) is 3.91. The van der Waals surface area contributed by atoms with E-state index < -0.39 is 11.9 Å². The van der Waals surface area contributed by atoms with Crippen LogP contribution in [0.2, 0.25) is 0 Å². The number of alkyl halides is 3. The summed E-state index contributed by atoms with van der Waals surface area (Å²) < 4.78 is 39.2. The minimum Gasteiger partial charge on any atom is -0.350 e. The second-order valence-corrected chi connectivity index (χ2v) is 6.22. The van der Waals surface area contributed by atoms with E-state index in [0.717, 1.165) is 17.2 Å². The number of aromatic nitrogens is 2. The highest BCUT2D eigenvalue weighted by Gasteiger charge is 2.33. The summed E-state index contributed by atoms with van der Waals surface area (Å²) in [6.07, 6.45) is -4.52. The Bertz CT molecular complexity index is 812. The quantitative estimate of drug-likeness (QED) is 0.708. The van der Waals surface area contributed by atoms with Crippen LogP contribution in [0, 0.1) is 6.92 Å². The van der Waals surface area contributed by atoms with E-state index in [4.69, 9.17) is 0 Å². The summed E-state index contributed by atoms with van der Waals surface area (Å²) in [4.78, 5) is 8.48. The van der Waals surface area contributed by atoms with E-state index in [1.54, 1.807) is 17.5 Å². The van der Waals surface area contributed by atoms with Crippen molar-refractivity contribution >= 4 is 17.3 Å². The van der Waals surface area contributed by atoms with Crippen molar-refractivity contribution in [3.63, 3.8) is 0 Å². The molecular weight excluding hydrogens is 335 g/mol. The van der Waals surface area contributed by atoms with Crippen LogP contribution in [-0.4, -0.2) is 9.97 Å². The molecular formula is C17H14F3N3S. The fraction of sp³-hybridized carbons (Fsp3) is 0.176. The monoisotopic (exact) mass is 349 g/mol. The molecule has 7 heteroatoms. The lowest BCUT2D eigenvalue weighted by Crippen LogP contribution is -2.12. The van der Waals surface area contributed by atoms with Gasteiger partial charge in [-0.3, -0.25) is 0 Å². The van der Waals surface area contributed by atoms with Gasteiger partial charge in [-0.1, -0.05) is 35.9 Å². The zero-order valence-electron chi connectivity index (χ0n) is 12.8. The second kappa shape index (κ2) is 6.60. The van der Waals surface area contributed by atoms with Crippen molar-refractivity contribution in [1.29, 1.82) is 0 Å². The summed E-state index contributed by atoms with van der Waals surface area (Å²) in [5.74, 6) is -0.0335. The molecule has 0 aliphatic rings. The molecule has 0 unspecified atom stereocenters. The van der Waals surface area contributed by atoms with Crippen molar-refractivity contribution in [3.05, 3.63) is 64.7 Å². The first kappa shape index (κ1) is 16.4. The molecule has 2 aromatic heterocycles. The number of nitrogens with zero attached hydrogens (tertiary/aromatic N) is 2. The van der Waals surface area contributed by atoms with Crippen LogP contribution >= 0.6 is 11.3 Å². The van der Waals surface area contributed by atoms with Gasteiger partial charge in [0.2, 0.25) is 5.95 Å². The minimum absolute atomic E-state index is 0.0335. The zero-order chi connectivity index (χ0) is 17.2. The molecule has 0 amide bonds. The van der Waals surface area contributed by atoms with E-state index in [9.17, 15) is 13.2 Å². The minimum atomic E-state index is -4.52. The first-order valence-corrected chi connectivity index (χ1v) is 8.09. The summed E-state index contributed by atoms with van der Waals surface area (Å²) in [7, 11) is 0. The summed E-state index contributed by atoms with van der Waals surface area (Å²) in [5, 5.41) is 4.67. The van der Waals surface area contributed by atoms with Gasteiger partial charge in [0, 0.05) is 6.54 Å². The van der Waals surface area contributed by atoms with Gasteiger partial charge in [-0.2, -0.15) is 13.2 Å². The standard InChI is InChI=1S/C17H14F3N3S/c1-11-4-6-12(7-5-11)10-21-16-22-13(14-3-2-8-24-14)9-15(23-16)17(18,19)20/h2-9H,10H2,1H3,(H,21,22,23). The highest BCUT2D eigenvalue weighted by atomic mass is 32.1. The van der Waals surface area contributed by atoms with Gasteiger partial charge >= 0.3 is 6.18 Å². The average molecular weight is 349 g/mol.